The molecule has 0 radical (unpaired) electrons. The zero-order valence-corrected chi connectivity index (χ0v) is 12.3. The molecule has 0 spiro atoms. The first-order valence-corrected chi connectivity index (χ1v) is 6.94. The van der Waals surface area contributed by atoms with Crippen molar-refractivity contribution in [2.45, 2.75) is 13.5 Å². The SMILES string of the molecule is Cc1[nH]c2ccc(Cl)cc2c1/C=N/OCc1cccnc1. The molecule has 21 heavy (non-hydrogen) atoms. The molecule has 0 aliphatic carbocycles. The van der Waals surface area contributed by atoms with Gasteiger partial charge < -0.3 is 9.82 Å². The number of aromatic nitrogens is 2. The maximum atomic E-state index is 6.04. The van der Waals surface area contributed by atoms with Gasteiger partial charge in [0.2, 0.25) is 0 Å². The molecule has 0 bridgehead atoms. The van der Waals surface area contributed by atoms with E-state index in [9.17, 15) is 0 Å². The van der Waals surface area contributed by atoms with Crippen LogP contribution in [0.3, 0.4) is 0 Å². The van der Waals surface area contributed by atoms with Crippen LogP contribution in [0.1, 0.15) is 16.8 Å². The summed E-state index contributed by atoms with van der Waals surface area (Å²) in [6.07, 6.45) is 5.19. The molecule has 0 atom stereocenters. The normalized spacial score (nSPS) is 11.3. The third-order valence-electron chi connectivity index (χ3n) is 3.21. The third kappa shape index (κ3) is 3.06. The minimum atomic E-state index is 0.395. The van der Waals surface area contributed by atoms with Gasteiger partial charge in [-0.2, -0.15) is 0 Å². The Hall–Kier alpha value is -2.33. The molecule has 2 heterocycles. The van der Waals surface area contributed by atoms with Crippen molar-refractivity contribution >= 4 is 28.7 Å². The van der Waals surface area contributed by atoms with Crippen molar-refractivity contribution in [3.05, 3.63) is 64.6 Å². The minimum Gasteiger partial charge on any atom is -0.391 e. The number of hydrogen-bond donors (Lipinski definition) is 1. The fraction of sp³-hybridized carbons (Fsp3) is 0.125. The van der Waals surface area contributed by atoms with Crippen LogP contribution in [0.25, 0.3) is 10.9 Å². The first kappa shape index (κ1) is 13.6. The van der Waals surface area contributed by atoms with E-state index in [1.807, 2.05) is 37.3 Å². The largest absolute Gasteiger partial charge is 0.391 e. The number of pyridine rings is 1. The van der Waals surface area contributed by atoms with Gasteiger partial charge in [-0.1, -0.05) is 22.8 Å². The number of benzene rings is 1. The van der Waals surface area contributed by atoms with E-state index in [4.69, 9.17) is 16.4 Å². The Morgan fingerprint density at radius 2 is 2.29 bits per heavy atom. The summed E-state index contributed by atoms with van der Waals surface area (Å²) < 4.78 is 0. The highest BCUT2D eigenvalue weighted by Gasteiger charge is 2.06. The van der Waals surface area contributed by atoms with Crippen molar-refractivity contribution in [2.24, 2.45) is 5.16 Å². The van der Waals surface area contributed by atoms with Crippen LogP contribution in [-0.4, -0.2) is 16.2 Å². The van der Waals surface area contributed by atoms with E-state index in [2.05, 4.69) is 15.1 Å². The van der Waals surface area contributed by atoms with Gasteiger partial charge in [0.15, 0.2) is 0 Å². The Balaban J connectivity index is 1.76. The predicted octanol–water partition coefficient (Wildman–Crippen LogP) is 4.08. The molecule has 0 saturated heterocycles. The fourth-order valence-electron chi connectivity index (χ4n) is 2.17. The molecule has 2 aromatic heterocycles. The second-order valence-electron chi connectivity index (χ2n) is 4.72. The fourth-order valence-corrected chi connectivity index (χ4v) is 2.34. The number of hydrogen-bond acceptors (Lipinski definition) is 3. The second-order valence-corrected chi connectivity index (χ2v) is 5.16. The van der Waals surface area contributed by atoms with Crippen LogP contribution < -0.4 is 0 Å². The van der Waals surface area contributed by atoms with Gasteiger partial charge >= 0.3 is 0 Å². The topological polar surface area (TPSA) is 50.3 Å². The summed E-state index contributed by atoms with van der Waals surface area (Å²) in [6.45, 7) is 2.39. The minimum absolute atomic E-state index is 0.395. The molecule has 0 saturated carbocycles. The summed E-state index contributed by atoms with van der Waals surface area (Å²) in [5, 5.41) is 5.77. The predicted molar refractivity (Wildman–Crippen MR) is 84.7 cm³/mol. The number of aryl methyl sites for hydroxylation is 1. The van der Waals surface area contributed by atoms with Gasteiger partial charge in [-0.15, -0.1) is 0 Å². The van der Waals surface area contributed by atoms with Crippen molar-refractivity contribution < 1.29 is 4.84 Å². The van der Waals surface area contributed by atoms with Crippen LogP contribution in [0.15, 0.2) is 47.9 Å². The lowest BCUT2D eigenvalue weighted by atomic mass is 10.1. The molecule has 3 aromatic rings. The Labute approximate surface area is 127 Å². The molecule has 0 fully saturated rings. The summed E-state index contributed by atoms with van der Waals surface area (Å²) in [4.78, 5) is 12.6. The van der Waals surface area contributed by atoms with Crippen LogP contribution >= 0.6 is 11.6 Å². The average molecular weight is 300 g/mol. The van der Waals surface area contributed by atoms with Crippen molar-refractivity contribution in [3.63, 3.8) is 0 Å². The number of rotatable bonds is 4. The van der Waals surface area contributed by atoms with Crippen molar-refractivity contribution in [1.82, 2.24) is 9.97 Å². The van der Waals surface area contributed by atoms with E-state index in [0.717, 1.165) is 27.7 Å². The summed E-state index contributed by atoms with van der Waals surface area (Å²) >= 11 is 6.04. The Morgan fingerprint density at radius 1 is 1.38 bits per heavy atom. The highest BCUT2D eigenvalue weighted by atomic mass is 35.5. The molecule has 1 aromatic carbocycles. The van der Waals surface area contributed by atoms with E-state index in [1.165, 1.54) is 0 Å². The number of fused-ring (bicyclic) bond motifs is 1. The first-order chi connectivity index (χ1) is 10.2. The van der Waals surface area contributed by atoms with Crippen molar-refractivity contribution in [1.29, 1.82) is 0 Å². The Bertz CT molecular complexity index is 781. The molecular weight excluding hydrogens is 286 g/mol. The molecule has 106 valence electrons. The van der Waals surface area contributed by atoms with Gasteiger partial charge in [-0.3, -0.25) is 4.98 Å². The number of oxime groups is 1. The number of nitrogens with one attached hydrogen (secondary N) is 1. The quantitative estimate of drug-likeness (QED) is 0.583. The molecule has 0 aliphatic heterocycles. The van der Waals surface area contributed by atoms with Crippen LogP contribution in [0.5, 0.6) is 0 Å². The van der Waals surface area contributed by atoms with Crippen molar-refractivity contribution in [2.75, 3.05) is 0 Å². The Morgan fingerprint density at radius 3 is 3.10 bits per heavy atom. The van der Waals surface area contributed by atoms with Crippen LogP contribution in [0.4, 0.5) is 0 Å². The van der Waals surface area contributed by atoms with Gasteiger partial charge in [-0.25, -0.2) is 0 Å². The number of aromatic amines is 1. The maximum Gasteiger partial charge on any atom is 0.143 e. The van der Waals surface area contributed by atoms with E-state index in [0.29, 0.717) is 11.6 Å². The molecule has 4 nitrogen and oxygen atoms in total. The van der Waals surface area contributed by atoms with Crippen LogP contribution in [0.2, 0.25) is 5.02 Å². The molecule has 0 amide bonds. The molecule has 0 unspecified atom stereocenters. The third-order valence-corrected chi connectivity index (χ3v) is 3.44. The lowest BCUT2D eigenvalue weighted by molar-refractivity contribution is 0.132. The van der Waals surface area contributed by atoms with Crippen molar-refractivity contribution in [3.8, 4) is 0 Å². The molecule has 5 heteroatoms. The highest BCUT2D eigenvalue weighted by Crippen LogP contribution is 2.24. The van der Waals surface area contributed by atoms with Gasteiger partial charge in [0.05, 0.1) is 6.21 Å². The lowest BCUT2D eigenvalue weighted by Gasteiger charge is -1.98. The molecule has 1 N–H and O–H groups in total. The molecule has 3 rings (SSSR count). The monoisotopic (exact) mass is 299 g/mol. The summed E-state index contributed by atoms with van der Waals surface area (Å²) in [7, 11) is 0. The lowest BCUT2D eigenvalue weighted by Crippen LogP contribution is -1.89. The number of nitrogens with zero attached hydrogens (tertiary/aromatic N) is 2. The molecular formula is C16H14ClN3O. The number of halogens is 1. The van der Waals surface area contributed by atoms with Crippen LogP contribution in [-0.2, 0) is 11.4 Å². The van der Waals surface area contributed by atoms with Gasteiger partial charge in [-0.05, 0) is 31.2 Å². The van der Waals surface area contributed by atoms with E-state index in [-0.39, 0.29) is 0 Å². The van der Waals surface area contributed by atoms with E-state index < -0.39 is 0 Å². The van der Waals surface area contributed by atoms with Crippen LogP contribution in [0, 0.1) is 6.92 Å². The maximum absolute atomic E-state index is 6.04. The second kappa shape index (κ2) is 5.97. The van der Waals surface area contributed by atoms with E-state index in [1.54, 1.807) is 18.6 Å². The highest BCUT2D eigenvalue weighted by molar-refractivity contribution is 6.31. The summed E-state index contributed by atoms with van der Waals surface area (Å²) in [5.41, 5.74) is 4.03. The zero-order chi connectivity index (χ0) is 14.7. The summed E-state index contributed by atoms with van der Waals surface area (Å²) in [6, 6.07) is 9.55. The van der Waals surface area contributed by atoms with Gasteiger partial charge in [0.25, 0.3) is 0 Å². The number of H-pyrrole nitrogens is 1. The summed E-state index contributed by atoms with van der Waals surface area (Å²) in [5.74, 6) is 0. The van der Waals surface area contributed by atoms with E-state index >= 15 is 0 Å². The van der Waals surface area contributed by atoms with Gasteiger partial charge in [0.1, 0.15) is 6.61 Å². The average Bonchev–Trinajstić information content (AvgIpc) is 2.80. The zero-order valence-electron chi connectivity index (χ0n) is 11.5. The molecule has 0 aliphatic rings. The smallest absolute Gasteiger partial charge is 0.143 e. The Kier molecular flexibility index (Phi) is 3.88. The van der Waals surface area contributed by atoms with Gasteiger partial charge in [0, 0.05) is 45.1 Å². The standard InChI is InChI=1S/C16H14ClN3O/c1-11-15(14-7-13(17)4-5-16(14)20-11)9-19-21-10-12-3-2-6-18-8-12/h2-9,20H,10H2,1H3/b19-9+. The first-order valence-electron chi connectivity index (χ1n) is 6.56.